The Morgan fingerprint density at radius 1 is 0.930 bits per heavy atom. The van der Waals surface area contributed by atoms with Gasteiger partial charge < -0.3 is 38.2 Å². The predicted octanol–water partition coefficient (Wildman–Crippen LogP) is 8.93. The molecule has 0 unspecified atom stereocenters. The number of carbonyl (C=O) groups excluding carboxylic acids is 1. The first-order valence-corrected chi connectivity index (χ1v) is 27.9. The molecule has 4 atom stereocenters. The van der Waals surface area contributed by atoms with Crippen molar-refractivity contribution in [3.05, 3.63) is 40.9 Å². The molecule has 1 aliphatic carbocycles. The van der Waals surface area contributed by atoms with Crippen molar-refractivity contribution in [1.82, 2.24) is 19.9 Å². The van der Waals surface area contributed by atoms with Crippen molar-refractivity contribution in [2.75, 3.05) is 33.0 Å². The van der Waals surface area contributed by atoms with Gasteiger partial charge in [0.15, 0.2) is 20.1 Å². The molecule has 314 valence electrons. The summed E-state index contributed by atoms with van der Waals surface area (Å²) >= 11 is 6.95. The third-order valence-corrected chi connectivity index (χ3v) is 19.0. The lowest BCUT2D eigenvalue weighted by atomic mass is 9.81. The Kier molecular flexibility index (Phi) is 13.1. The van der Waals surface area contributed by atoms with Crippen molar-refractivity contribution >= 4 is 45.2 Å². The summed E-state index contributed by atoms with van der Waals surface area (Å²) in [4.78, 5) is 22.5. The van der Waals surface area contributed by atoms with Gasteiger partial charge in [-0.15, -0.1) is 0 Å². The smallest absolute Gasteiger partial charge is 0.407 e. The molecule has 1 aromatic carbocycles. The van der Waals surface area contributed by atoms with Gasteiger partial charge in [-0.2, -0.15) is 4.98 Å². The first-order valence-electron chi connectivity index (χ1n) is 20.9. The maximum absolute atomic E-state index is 12.5. The second kappa shape index (κ2) is 17.6. The normalized spacial score (nSPS) is 26.1. The van der Waals surface area contributed by atoms with E-state index in [1.165, 1.54) is 5.56 Å². The Bertz CT molecular complexity index is 1830. The number of hydrogen-bond donors (Lipinski definition) is 1. The van der Waals surface area contributed by atoms with Crippen molar-refractivity contribution < 1.29 is 37.6 Å². The second-order valence-electron chi connectivity index (χ2n) is 19.0. The Labute approximate surface area is 345 Å². The minimum absolute atomic E-state index is 0.0509. The maximum Gasteiger partial charge on any atom is 0.407 e. The van der Waals surface area contributed by atoms with Crippen LogP contribution in [0, 0.1) is 0 Å². The third kappa shape index (κ3) is 10.3. The van der Waals surface area contributed by atoms with E-state index in [1.807, 2.05) is 10.6 Å². The largest absolute Gasteiger partial charge is 0.456 e. The van der Waals surface area contributed by atoms with Gasteiger partial charge in [-0.25, -0.2) is 9.78 Å². The quantitative estimate of drug-likeness (QED) is 0.132. The van der Waals surface area contributed by atoms with Gasteiger partial charge in [-0.3, -0.25) is 4.57 Å². The molecule has 15 heteroatoms. The average molecular weight is 844 g/mol. The van der Waals surface area contributed by atoms with Gasteiger partial charge in [0, 0.05) is 39.1 Å². The van der Waals surface area contributed by atoms with Crippen LogP contribution in [0.25, 0.3) is 22.4 Å². The van der Waals surface area contributed by atoms with Gasteiger partial charge in [0.2, 0.25) is 0 Å². The topological polar surface area (TPSA) is 124 Å². The molecule has 2 aromatic heterocycles. The summed E-state index contributed by atoms with van der Waals surface area (Å²) in [6.07, 6.45) is 4.03. The number of hydrogen-bond acceptors (Lipinski definition) is 10. The number of halogens is 1. The van der Waals surface area contributed by atoms with E-state index in [0.29, 0.717) is 66.8 Å². The summed E-state index contributed by atoms with van der Waals surface area (Å²) in [6, 6.07) is 12.0. The molecule has 5 heterocycles. The summed E-state index contributed by atoms with van der Waals surface area (Å²) in [6.45, 7) is 21.3. The number of ether oxygens (including phenoxy) is 6. The Morgan fingerprint density at radius 3 is 2.26 bits per heavy atom. The van der Waals surface area contributed by atoms with Crippen LogP contribution in [0.2, 0.25) is 48.8 Å². The van der Waals surface area contributed by atoms with E-state index in [4.69, 9.17) is 54.4 Å². The number of amides is 1. The van der Waals surface area contributed by atoms with Crippen LogP contribution in [0.5, 0.6) is 6.01 Å². The molecule has 0 bridgehead atoms. The van der Waals surface area contributed by atoms with Crippen molar-refractivity contribution in [3.8, 4) is 17.3 Å². The van der Waals surface area contributed by atoms with Gasteiger partial charge in [0.05, 0.1) is 43.2 Å². The van der Waals surface area contributed by atoms with Crippen LogP contribution in [-0.2, 0) is 34.8 Å². The molecule has 1 N–H and O–H groups in total. The van der Waals surface area contributed by atoms with Crippen LogP contribution in [-0.4, -0.2) is 107 Å². The fourth-order valence-corrected chi connectivity index (χ4v) is 10.2. The van der Waals surface area contributed by atoms with Crippen molar-refractivity contribution in [1.29, 1.82) is 0 Å². The van der Waals surface area contributed by atoms with E-state index in [2.05, 4.69) is 83.1 Å². The number of pyridine rings is 1. The molecule has 7 rings (SSSR count). The first-order chi connectivity index (χ1) is 27.0. The van der Waals surface area contributed by atoms with Crippen LogP contribution in [0.3, 0.4) is 0 Å². The number of benzene rings is 1. The zero-order valence-corrected chi connectivity index (χ0v) is 37.9. The monoisotopic (exact) mass is 842 g/mol. The Balaban J connectivity index is 1.04. The summed E-state index contributed by atoms with van der Waals surface area (Å²) < 4.78 is 45.2. The molecule has 4 fully saturated rings. The molecule has 3 saturated heterocycles. The van der Waals surface area contributed by atoms with Crippen LogP contribution in [0.4, 0.5) is 4.79 Å². The molecule has 12 nitrogen and oxygen atoms in total. The molecule has 1 amide bonds. The fraction of sp³-hybridized carbons (Fsp3) is 0.690. The zero-order valence-electron chi connectivity index (χ0n) is 35.1. The highest BCUT2D eigenvalue weighted by atomic mass is 35.5. The average Bonchev–Trinajstić information content (AvgIpc) is 3.84. The number of rotatable bonds is 13. The molecule has 3 aromatic rings. The molecule has 4 aliphatic rings. The van der Waals surface area contributed by atoms with Gasteiger partial charge in [0.1, 0.15) is 30.6 Å². The van der Waals surface area contributed by atoms with Gasteiger partial charge in [-0.05, 0) is 67.4 Å². The van der Waals surface area contributed by atoms with E-state index in [1.54, 1.807) is 0 Å². The number of fused-ring (bicyclic) bond motifs is 2. The molecular weight excluding hydrogens is 780 g/mol. The maximum atomic E-state index is 12.5. The Morgan fingerprint density at radius 2 is 1.60 bits per heavy atom. The minimum Gasteiger partial charge on any atom is -0.456 e. The lowest BCUT2D eigenvalue weighted by Gasteiger charge is -2.39. The minimum atomic E-state index is -2.03. The second-order valence-corrected chi connectivity index (χ2v) is 29.8. The highest BCUT2D eigenvalue weighted by molar-refractivity contribution is 6.76. The van der Waals surface area contributed by atoms with Crippen molar-refractivity contribution in [3.63, 3.8) is 0 Å². The summed E-state index contributed by atoms with van der Waals surface area (Å²) in [7, 11) is -3.33. The molecule has 57 heavy (non-hydrogen) atoms. The van der Waals surface area contributed by atoms with Crippen LogP contribution < -0.4 is 10.1 Å². The summed E-state index contributed by atoms with van der Waals surface area (Å²) in [5.41, 5.74) is 4.15. The number of nitrogens with zero attached hydrogens (tertiary/aromatic N) is 3. The molecule has 1 saturated carbocycles. The Hall–Kier alpha value is -2.57. The van der Waals surface area contributed by atoms with Gasteiger partial charge in [-0.1, -0.05) is 76.3 Å². The van der Waals surface area contributed by atoms with E-state index >= 15 is 0 Å². The predicted molar refractivity (Wildman–Crippen MR) is 226 cm³/mol. The van der Waals surface area contributed by atoms with Crippen molar-refractivity contribution in [2.24, 2.45) is 0 Å². The lowest BCUT2D eigenvalue weighted by Crippen LogP contribution is -2.47. The number of aromatic nitrogens is 3. The fourth-order valence-electron chi connectivity index (χ4n) is 7.90. The molecule has 0 spiro atoms. The molecule has 0 radical (unpaired) electrons. The lowest BCUT2D eigenvalue weighted by molar-refractivity contribution is 0.000403. The van der Waals surface area contributed by atoms with Crippen LogP contribution in [0.1, 0.15) is 70.8 Å². The zero-order chi connectivity index (χ0) is 40.5. The molecule has 3 aliphatic heterocycles. The van der Waals surface area contributed by atoms with Gasteiger partial charge >= 0.3 is 12.1 Å². The van der Waals surface area contributed by atoms with E-state index in [9.17, 15) is 4.79 Å². The number of carbonyl (C=O) groups is 1. The van der Waals surface area contributed by atoms with Crippen molar-refractivity contribution in [2.45, 2.75) is 152 Å². The standard InChI is InChI=1S/C42H63ClN4O8Si2/c1-42(2,3)57(7,8)55-35-25-52-37-34(24-51-38(35)37)54-40-45-33-23-32(43)36(46-39(33)47(40)26-50-21-22-56(4,5)6)29-11-9-27(10-12-29)28-13-15-30(16-14-28)44-41(48)53-31-17-19-49-20-18-31/h9-12,23,28,30-31,34-35,37-38H,13-22,24-26H2,1-8H3,(H,44,48)/t28-,30+,34-,35-,37-,38-/m1/s1. The number of imidazole rings is 1. The number of alkyl carbamates (subject to hydrolysis) is 1. The van der Waals surface area contributed by atoms with E-state index in [-0.39, 0.29) is 54.4 Å². The molecular formula is C42H63ClN4O8Si2. The number of nitrogens with one attached hydrogen (secondary N) is 1. The van der Waals surface area contributed by atoms with Crippen LogP contribution in [0.15, 0.2) is 30.3 Å². The summed E-state index contributed by atoms with van der Waals surface area (Å²) in [5.74, 6) is 0.417. The highest BCUT2D eigenvalue weighted by Crippen LogP contribution is 2.41. The van der Waals surface area contributed by atoms with E-state index in [0.717, 1.165) is 50.1 Å². The SMILES string of the molecule is CC(C)(C)[Si](C)(C)O[C@@H]1CO[C@H]2[C@@H]1OC[C@H]2Oc1nc2cc(Cl)c(-c3ccc([C@H]4CC[C@@H](NC(=O)OC5CCOCC5)CC4)cc3)nc2n1COCC[Si](C)(C)C. The van der Waals surface area contributed by atoms with Crippen LogP contribution >= 0.6 is 11.6 Å². The first kappa shape index (κ1) is 42.6. The summed E-state index contributed by atoms with van der Waals surface area (Å²) in [5, 5.41) is 3.69. The van der Waals surface area contributed by atoms with Gasteiger partial charge in [0.25, 0.3) is 0 Å². The highest BCUT2D eigenvalue weighted by Gasteiger charge is 2.52. The third-order valence-electron chi connectivity index (χ3n) is 12.5. The van der Waals surface area contributed by atoms with E-state index < -0.39 is 16.4 Å².